The van der Waals surface area contributed by atoms with Crippen LogP contribution in [-0.2, 0) is 0 Å². The summed E-state index contributed by atoms with van der Waals surface area (Å²) < 4.78 is 0. The van der Waals surface area contributed by atoms with Gasteiger partial charge in [0.05, 0.1) is 11.8 Å². The van der Waals surface area contributed by atoms with Gasteiger partial charge in [-0.25, -0.2) is 9.97 Å². The van der Waals surface area contributed by atoms with E-state index in [1.165, 1.54) is 11.3 Å². The minimum atomic E-state index is -0.688. The van der Waals surface area contributed by atoms with E-state index in [4.69, 9.17) is 11.6 Å². The number of nitriles is 1. The highest BCUT2D eigenvalue weighted by atomic mass is 35.5. The molecule has 120 valence electrons. The number of thiazole rings is 1. The highest BCUT2D eigenvalue weighted by molar-refractivity contribution is 7.10. The van der Waals surface area contributed by atoms with Crippen molar-refractivity contribution in [2.75, 3.05) is 19.0 Å². The third-order valence-electron chi connectivity index (χ3n) is 3.24. The molecule has 0 bridgehead atoms. The Bertz CT molecular complexity index is 887. The third kappa shape index (κ3) is 3.35. The summed E-state index contributed by atoms with van der Waals surface area (Å²) in [5.74, 6) is 0.0203. The summed E-state index contributed by atoms with van der Waals surface area (Å²) in [6.07, 6.45) is 0. The van der Waals surface area contributed by atoms with Crippen LogP contribution in [0.1, 0.15) is 16.7 Å². The van der Waals surface area contributed by atoms with Gasteiger partial charge >= 0.3 is 0 Å². The van der Waals surface area contributed by atoms with Gasteiger partial charge < -0.3 is 4.90 Å². The van der Waals surface area contributed by atoms with Crippen LogP contribution in [0.3, 0.4) is 0 Å². The second-order valence-corrected chi connectivity index (χ2v) is 6.38. The van der Waals surface area contributed by atoms with E-state index in [2.05, 4.69) is 26.0 Å². The molecule has 0 saturated carbocycles. The molecule has 0 aliphatic carbocycles. The Hall–Kier alpha value is -2.56. The van der Waals surface area contributed by atoms with Crippen LogP contribution < -0.4 is 4.90 Å². The van der Waals surface area contributed by atoms with Crippen LogP contribution >= 0.6 is 22.9 Å². The zero-order valence-corrected chi connectivity index (χ0v) is 14.6. The molecule has 0 spiro atoms. The average Bonchev–Trinajstić information content (AvgIpc) is 3.05. The molecule has 0 aliphatic rings. The average molecular weight is 357 g/mol. The first-order valence-corrected chi connectivity index (χ1v) is 8.33. The molecule has 0 fully saturated rings. The van der Waals surface area contributed by atoms with Gasteiger partial charge in [-0.15, -0.1) is 11.3 Å². The van der Waals surface area contributed by atoms with Gasteiger partial charge in [0.25, 0.3) is 0 Å². The summed E-state index contributed by atoms with van der Waals surface area (Å²) in [6, 6.07) is 12.0. The first-order valence-electron chi connectivity index (χ1n) is 7.07. The molecule has 2 heterocycles. The number of aromatic nitrogens is 4. The lowest BCUT2D eigenvalue weighted by Crippen LogP contribution is -2.16. The summed E-state index contributed by atoms with van der Waals surface area (Å²) in [5.41, 5.74) is 1.82. The molecular weight excluding hydrogens is 344 g/mol. The molecule has 0 radical (unpaired) electrons. The second kappa shape index (κ2) is 6.91. The Kier molecular flexibility index (Phi) is 4.69. The molecule has 2 aromatic heterocycles. The Morgan fingerprint density at radius 1 is 1.12 bits per heavy atom. The molecule has 0 amide bonds. The molecule has 3 aromatic rings. The van der Waals surface area contributed by atoms with Gasteiger partial charge in [0.1, 0.15) is 5.01 Å². The van der Waals surface area contributed by atoms with Gasteiger partial charge in [0, 0.05) is 25.0 Å². The van der Waals surface area contributed by atoms with Crippen LogP contribution in [-0.4, -0.2) is 34.0 Å². The molecule has 0 aliphatic heterocycles. The second-order valence-electron chi connectivity index (χ2n) is 5.16. The molecule has 8 heteroatoms. The number of hydrogen-bond acceptors (Lipinski definition) is 7. The van der Waals surface area contributed by atoms with Crippen LogP contribution in [0.5, 0.6) is 0 Å². The van der Waals surface area contributed by atoms with Gasteiger partial charge in [-0.1, -0.05) is 30.3 Å². The number of anilines is 1. The topological polar surface area (TPSA) is 78.6 Å². The van der Waals surface area contributed by atoms with E-state index in [9.17, 15) is 5.26 Å². The van der Waals surface area contributed by atoms with E-state index in [-0.39, 0.29) is 5.28 Å². The molecule has 0 saturated heterocycles. The van der Waals surface area contributed by atoms with Crippen LogP contribution in [0.25, 0.3) is 11.3 Å². The molecule has 3 rings (SSSR count). The fraction of sp³-hybridized carbons (Fsp3) is 0.188. The van der Waals surface area contributed by atoms with E-state index in [0.717, 1.165) is 11.3 Å². The highest BCUT2D eigenvalue weighted by Crippen LogP contribution is 2.29. The SMILES string of the molecule is CN(C)c1nc(Cl)nc(C(C#N)c2nc(-c3ccccc3)cs2)n1. The predicted molar refractivity (Wildman–Crippen MR) is 94.2 cm³/mol. The molecule has 6 nitrogen and oxygen atoms in total. The zero-order valence-electron chi connectivity index (χ0n) is 13.0. The molecular formula is C16H13ClN6S. The third-order valence-corrected chi connectivity index (χ3v) is 4.32. The normalized spacial score (nSPS) is 11.8. The summed E-state index contributed by atoms with van der Waals surface area (Å²) in [4.78, 5) is 18.8. The lowest BCUT2D eigenvalue weighted by molar-refractivity contribution is 0.836. The monoisotopic (exact) mass is 356 g/mol. The standard InChI is InChI=1S/C16H13ClN6S/c1-23(2)16-21-13(20-15(17)22-16)11(8-18)14-19-12(9-24-14)10-6-4-3-5-7-10/h3-7,9,11H,1-2H3. The molecule has 24 heavy (non-hydrogen) atoms. The minimum absolute atomic E-state index is 0.0591. The van der Waals surface area contributed by atoms with E-state index >= 15 is 0 Å². The summed E-state index contributed by atoms with van der Waals surface area (Å²) in [6.45, 7) is 0. The van der Waals surface area contributed by atoms with Crippen LogP contribution in [0.2, 0.25) is 5.28 Å². The van der Waals surface area contributed by atoms with Gasteiger partial charge in [-0.3, -0.25) is 0 Å². The first kappa shape index (κ1) is 16.3. The maximum absolute atomic E-state index is 9.59. The van der Waals surface area contributed by atoms with Crippen molar-refractivity contribution in [1.29, 1.82) is 5.26 Å². The van der Waals surface area contributed by atoms with Gasteiger partial charge in [-0.05, 0) is 11.6 Å². The fourth-order valence-corrected chi connectivity index (χ4v) is 3.10. The number of nitrogens with zero attached hydrogens (tertiary/aromatic N) is 6. The Balaban J connectivity index is 1.99. The molecule has 1 aromatic carbocycles. The maximum atomic E-state index is 9.59. The quantitative estimate of drug-likeness (QED) is 0.713. The lowest BCUT2D eigenvalue weighted by atomic mass is 10.1. The largest absolute Gasteiger partial charge is 0.347 e. The molecule has 1 unspecified atom stereocenters. The van der Waals surface area contributed by atoms with Gasteiger partial charge in [0.2, 0.25) is 11.2 Å². The van der Waals surface area contributed by atoms with Crippen molar-refractivity contribution in [3.63, 3.8) is 0 Å². The number of benzene rings is 1. The summed E-state index contributed by atoms with van der Waals surface area (Å²) >= 11 is 7.37. The summed E-state index contributed by atoms with van der Waals surface area (Å²) in [5, 5.41) is 12.2. The number of hydrogen-bond donors (Lipinski definition) is 0. The number of rotatable bonds is 4. The van der Waals surface area contributed by atoms with Crippen LogP contribution in [0.4, 0.5) is 5.95 Å². The maximum Gasteiger partial charge on any atom is 0.229 e. The van der Waals surface area contributed by atoms with Crippen molar-refractivity contribution in [3.05, 3.63) is 51.8 Å². The molecule has 1 atom stereocenters. The van der Waals surface area contributed by atoms with Crippen molar-refractivity contribution in [2.45, 2.75) is 5.92 Å². The fourth-order valence-electron chi connectivity index (χ4n) is 2.07. The summed E-state index contributed by atoms with van der Waals surface area (Å²) in [7, 11) is 3.60. The van der Waals surface area contributed by atoms with Gasteiger partial charge in [0.15, 0.2) is 11.7 Å². The first-order chi connectivity index (χ1) is 11.6. The predicted octanol–water partition coefficient (Wildman–Crippen LogP) is 3.37. The van der Waals surface area contributed by atoms with Crippen molar-refractivity contribution in [3.8, 4) is 17.3 Å². The van der Waals surface area contributed by atoms with Crippen molar-refractivity contribution >= 4 is 28.9 Å². The zero-order chi connectivity index (χ0) is 17.1. The Morgan fingerprint density at radius 2 is 1.88 bits per heavy atom. The minimum Gasteiger partial charge on any atom is -0.347 e. The highest BCUT2D eigenvalue weighted by Gasteiger charge is 2.23. The van der Waals surface area contributed by atoms with Crippen molar-refractivity contribution < 1.29 is 0 Å². The van der Waals surface area contributed by atoms with E-state index in [1.54, 1.807) is 19.0 Å². The number of halogens is 1. The van der Waals surface area contributed by atoms with E-state index < -0.39 is 5.92 Å². The Labute approximate surface area is 148 Å². The van der Waals surface area contributed by atoms with Crippen molar-refractivity contribution in [2.24, 2.45) is 0 Å². The van der Waals surface area contributed by atoms with Gasteiger partial charge in [-0.2, -0.15) is 15.2 Å². The molecule has 0 N–H and O–H groups in total. The van der Waals surface area contributed by atoms with Crippen LogP contribution in [0, 0.1) is 11.3 Å². The van der Waals surface area contributed by atoms with E-state index in [0.29, 0.717) is 16.8 Å². The van der Waals surface area contributed by atoms with E-state index in [1.807, 2.05) is 35.7 Å². The smallest absolute Gasteiger partial charge is 0.229 e. The van der Waals surface area contributed by atoms with Crippen molar-refractivity contribution in [1.82, 2.24) is 19.9 Å². The lowest BCUT2D eigenvalue weighted by Gasteiger charge is -2.12. The Morgan fingerprint density at radius 3 is 2.54 bits per heavy atom. The van der Waals surface area contributed by atoms with Crippen LogP contribution in [0.15, 0.2) is 35.7 Å².